The molecular formula is C15H24N2O5S2. The molecule has 1 heterocycles. The second-order valence-corrected chi connectivity index (χ2v) is 10.1. The van der Waals surface area contributed by atoms with Crippen molar-refractivity contribution >= 4 is 20.0 Å². The summed E-state index contributed by atoms with van der Waals surface area (Å²) in [5.41, 5.74) is 0.773. The number of aryl methyl sites for hydroxylation is 1. The number of benzene rings is 1. The number of ether oxygens (including phenoxy) is 1. The molecule has 1 atom stereocenters. The van der Waals surface area contributed by atoms with E-state index in [0.29, 0.717) is 19.6 Å². The molecule has 0 amide bonds. The van der Waals surface area contributed by atoms with Gasteiger partial charge in [-0.15, -0.1) is 0 Å². The molecule has 1 N–H and O–H groups in total. The van der Waals surface area contributed by atoms with Gasteiger partial charge in [-0.1, -0.05) is 12.1 Å². The van der Waals surface area contributed by atoms with Crippen molar-refractivity contribution in [2.75, 3.05) is 33.0 Å². The van der Waals surface area contributed by atoms with Gasteiger partial charge in [-0.05, 0) is 37.0 Å². The molecule has 0 saturated carbocycles. The second kappa shape index (κ2) is 7.92. The molecule has 1 fully saturated rings. The molecule has 9 heteroatoms. The minimum Gasteiger partial charge on any atom is -0.377 e. The SMILES string of the molecule is CN(C)S(=O)(=O)c1ccc(CCS(=O)(=O)NCC2CCCO2)cc1. The first kappa shape index (κ1) is 19.3. The van der Waals surface area contributed by atoms with Crippen molar-refractivity contribution in [2.24, 2.45) is 0 Å². The van der Waals surface area contributed by atoms with Crippen LogP contribution in [0.2, 0.25) is 0 Å². The van der Waals surface area contributed by atoms with Gasteiger partial charge in [0, 0.05) is 27.2 Å². The lowest BCUT2D eigenvalue weighted by Crippen LogP contribution is -2.33. The first-order valence-corrected chi connectivity index (χ1v) is 10.9. The summed E-state index contributed by atoms with van der Waals surface area (Å²) in [4.78, 5) is 0.190. The molecule has 1 aromatic rings. The van der Waals surface area contributed by atoms with Gasteiger partial charge in [-0.3, -0.25) is 0 Å². The summed E-state index contributed by atoms with van der Waals surface area (Å²) in [6, 6.07) is 6.28. The summed E-state index contributed by atoms with van der Waals surface area (Å²) in [6.45, 7) is 0.997. The van der Waals surface area contributed by atoms with Crippen LogP contribution in [0, 0.1) is 0 Å². The van der Waals surface area contributed by atoms with Gasteiger partial charge in [0.05, 0.1) is 16.8 Å². The fraction of sp³-hybridized carbons (Fsp3) is 0.600. The molecule has 136 valence electrons. The normalized spacial score (nSPS) is 19.0. The van der Waals surface area contributed by atoms with Gasteiger partial charge < -0.3 is 4.74 Å². The van der Waals surface area contributed by atoms with Crippen molar-refractivity contribution in [2.45, 2.75) is 30.3 Å². The van der Waals surface area contributed by atoms with Crippen LogP contribution in [-0.2, 0) is 31.2 Å². The maximum atomic E-state index is 12.0. The summed E-state index contributed by atoms with van der Waals surface area (Å²) in [7, 11) is -3.91. The Bertz CT molecular complexity index is 737. The number of hydrogen-bond donors (Lipinski definition) is 1. The molecule has 1 aliphatic heterocycles. The van der Waals surface area contributed by atoms with Crippen molar-refractivity contribution in [1.82, 2.24) is 9.03 Å². The Morgan fingerprint density at radius 1 is 1.17 bits per heavy atom. The number of nitrogens with one attached hydrogen (secondary N) is 1. The Hall–Kier alpha value is -1.00. The highest BCUT2D eigenvalue weighted by atomic mass is 32.2. The van der Waals surface area contributed by atoms with E-state index in [1.54, 1.807) is 12.1 Å². The van der Waals surface area contributed by atoms with Gasteiger partial charge in [0.25, 0.3) is 0 Å². The molecule has 1 saturated heterocycles. The molecule has 1 aliphatic rings. The van der Waals surface area contributed by atoms with E-state index in [9.17, 15) is 16.8 Å². The second-order valence-electron chi connectivity index (χ2n) is 5.98. The zero-order valence-corrected chi connectivity index (χ0v) is 15.6. The maximum Gasteiger partial charge on any atom is 0.242 e. The molecule has 0 bridgehead atoms. The third-order valence-corrected chi connectivity index (χ3v) is 7.09. The van der Waals surface area contributed by atoms with E-state index in [4.69, 9.17) is 4.74 Å². The van der Waals surface area contributed by atoms with Gasteiger partial charge in [0.15, 0.2) is 0 Å². The number of hydrogen-bond acceptors (Lipinski definition) is 5. The summed E-state index contributed by atoms with van der Waals surface area (Å²) >= 11 is 0. The smallest absolute Gasteiger partial charge is 0.242 e. The van der Waals surface area contributed by atoms with E-state index in [-0.39, 0.29) is 16.8 Å². The van der Waals surface area contributed by atoms with E-state index >= 15 is 0 Å². The lowest BCUT2D eigenvalue weighted by Gasteiger charge is -2.12. The van der Waals surface area contributed by atoms with Crippen LogP contribution in [0.3, 0.4) is 0 Å². The van der Waals surface area contributed by atoms with Gasteiger partial charge in [0.2, 0.25) is 20.0 Å². The van der Waals surface area contributed by atoms with Crippen LogP contribution >= 0.6 is 0 Å². The first-order valence-electron chi connectivity index (χ1n) is 7.81. The molecule has 24 heavy (non-hydrogen) atoms. The van der Waals surface area contributed by atoms with Crippen LogP contribution in [0.5, 0.6) is 0 Å². The minimum absolute atomic E-state index is 0.0321. The van der Waals surface area contributed by atoms with Crippen LogP contribution in [0.15, 0.2) is 29.2 Å². The van der Waals surface area contributed by atoms with E-state index < -0.39 is 20.0 Å². The highest BCUT2D eigenvalue weighted by molar-refractivity contribution is 7.89. The molecule has 7 nitrogen and oxygen atoms in total. The van der Waals surface area contributed by atoms with Crippen molar-refractivity contribution < 1.29 is 21.6 Å². The largest absolute Gasteiger partial charge is 0.377 e. The van der Waals surface area contributed by atoms with Crippen molar-refractivity contribution in [3.8, 4) is 0 Å². The van der Waals surface area contributed by atoms with Crippen LogP contribution in [0.1, 0.15) is 18.4 Å². The predicted octanol–water partition coefficient (Wildman–Crippen LogP) is 0.578. The highest BCUT2D eigenvalue weighted by Gasteiger charge is 2.19. The first-order chi connectivity index (χ1) is 11.2. The summed E-state index contributed by atoms with van der Waals surface area (Å²) < 4.78 is 57.1. The molecule has 2 rings (SSSR count). The fourth-order valence-corrected chi connectivity index (χ4v) is 4.38. The third kappa shape index (κ3) is 5.25. The monoisotopic (exact) mass is 376 g/mol. The quantitative estimate of drug-likeness (QED) is 0.716. The molecule has 0 aromatic heterocycles. The van der Waals surface area contributed by atoms with Gasteiger partial charge in [-0.25, -0.2) is 25.9 Å². The summed E-state index contributed by atoms with van der Waals surface area (Å²) in [5, 5.41) is 0. The molecule has 1 unspecified atom stereocenters. The van der Waals surface area contributed by atoms with Crippen molar-refractivity contribution in [1.29, 1.82) is 0 Å². The zero-order chi connectivity index (χ0) is 17.8. The zero-order valence-electron chi connectivity index (χ0n) is 13.9. The van der Waals surface area contributed by atoms with E-state index in [1.807, 2.05) is 0 Å². The topological polar surface area (TPSA) is 92.8 Å². The Balaban J connectivity index is 1.89. The number of sulfonamides is 2. The predicted molar refractivity (Wildman–Crippen MR) is 91.8 cm³/mol. The van der Waals surface area contributed by atoms with E-state index in [1.165, 1.54) is 26.2 Å². The molecular weight excluding hydrogens is 352 g/mol. The molecule has 1 aromatic carbocycles. The maximum absolute atomic E-state index is 12.0. The van der Waals surface area contributed by atoms with Gasteiger partial charge >= 0.3 is 0 Å². The van der Waals surface area contributed by atoms with Crippen molar-refractivity contribution in [3.63, 3.8) is 0 Å². The van der Waals surface area contributed by atoms with Gasteiger partial charge in [-0.2, -0.15) is 0 Å². The fourth-order valence-electron chi connectivity index (χ4n) is 2.39. The summed E-state index contributed by atoms with van der Waals surface area (Å²) in [6.07, 6.45) is 2.14. The molecule has 0 radical (unpaired) electrons. The van der Waals surface area contributed by atoms with Crippen molar-refractivity contribution in [3.05, 3.63) is 29.8 Å². The Labute approximate surface area is 144 Å². The molecule has 0 aliphatic carbocycles. The van der Waals surface area contributed by atoms with Gasteiger partial charge in [0.1, 0.15) is 0 Å². The Morgan fingerprint density at radius 2 is 1.83 bits per heavy atom. The summed E-state index contributed by atoms with van der Waals surface area (Å²) in [5.74, 6) is -0.0422. The van der Waals surface area contributed by atoms with Crippen LogP contribution < -0.4 is 4.72 Å². The Kier molecular flexibility index (Phi) is 6.38. The standard InChI is InChI=1S/C15H24N2O5S2/c1-17(2)24(20,21)15-7-5-13(6-8-15)9-11-23(18,19)16-12-14-4-3-10-22-14/h5-8,14,16H,3-4,9-12H2,1-2H3. The van der Waals surface area contributed by atoms with Crippen LogP contribution in [0.25, 0.3) is 0 Å². The number of rotatable bonds is 8. The Morgan fingerprint density at radius 3 is 2.38 bits per heavy atom. The molecule has 0 spiro atoms. The number of nitrogens with zero attached hydrogens (tertiary/aromatic N) is 1. The lowest BCUT2D eigenvalue weighted by atomic mass is 10.2. The van der Waals surface area contributed by atoms with E-state index in [0.717, 1.165) is 22.7 Å². The van der Waals surface area contributed by atoms with Crippen LogP contribution in [-0.4, -0.2) is 60.2 Å². The highest BCUT2D eigenvalue weighted by Crippen LogP contribution is 2.15. The lowest BCUT2D eigenvalue weighted by molar-refractivity contribution is 0.114. The van der Waals surface area contributed by atoms with E-state index in [2.05, 4.69) is 4.72 Å². The average molecular weight is 377 g/mol. The average Bonchev–Trinajstić information content (AvgIpc) is 3.05. The third-order valence-electron chi connectivity index (χ3n) is 3.92. The minimum atomic E-state index is -3.47. The van der Waals surface area contributed by atoms with Crippen LogP contribution in [0.4, 0.5) is 0 Å².